The Kier molecular flexibility index (Phi) is 7.44. The van der Waals surface area contributed by atoms with Crippen LogP contribution in [0.25, 0.3) is 11.4 Å². The summed E-state index contributed by atoms with van der Waals surface area (Å²) in [5.41, 5.74) is 4.09. The number of rotatable bonds is 10. The number of aryl methyl sites for hydroxylation is 1. The van der Waals surface area contributed by atoms with Crippen LogP contribution in [0, 0.1) is 0 Å². The van der Waals surface area contributed by atoms with Gasteiger partial charge in [0.1, 0.15) is 0 Å². The Balaban J connectivity index is 1.72. The van der Waals surface area contributed by atoms with Gasteiger partial charge in [0.05, 0.1) is 33.2 Å². The first-order valence-electron chi connectivity index (χ1n) is 11.9. The number of likely N-dealkylation sites (N-methyl/N-ethyl adjacent to an activating group) is 2. The second-order valence-electron chi connectivity index (χ2n) is 8.97. The van der Waals surface area contributed by atoms with Gasteiger partial charge in [-0.1, -0.05) is 36.4 Å². The van der Waals surface area contributed by atoms with Gasteiger partial charge in [-0.2, -0.15) is 0 Å². The second kappa shape index (κ2) is 10.4. The topological polar surface area (TPSA) is 115 Å². The molecular formula is C27H30N2O6S. The summed E-state index contributed by atoms with van der Waals surface area (Å²) in [7, 11) is -0.280. The zero-order valence-electron chi connectivity index (χ0n) is 20.4. The van der Waals surface area contributed by atoms with E-state index in [1.54, 1.807) is 26.2 Å². The number of unbranched alkanes of at least 4 members (excludes halogenated alkanes) is 1. The number of carbonyl (C=O) groups is 2. The maximum absolute atomic E-state index is 13.3. The van der Waals surface area contributed by atoms with E-state index in [0.717, 1.165) is 30.4 Å². The molecule has 0 radical (unpaired) electrons. The summed E-state index contributed by atoms with van der Waals surface area (Å²) in [5, 5.41) is 17.9. The Morgan fingerprint density at radius 1 is 0.694 bits per heavy atom. The molecule has 0 saturated heterocycles. The minimum absolute atomic E-state index is 0.127. The van der Waals surface area contributed by atoms with E-state index in [2.05, 4.69) is 0 Å². The van der Waals surface area contributed by atoms with Gasteiger partial charge < -0.3 is 20.0 Å². The van der Waals surface area contributed by atoms with Crippen LogP contribution >= 0.6 is 0 Å². The maximum atomic E-state index is 13.3. The molecule has 2 aliphatic heterocycles. The largest absolute Gasteiger partial charge is 0.396 e. The van der Waals surface area contributed by atoms with Crippen LogP contribution in [0.5, 0.6) is 0 Å². The first-order valence-corrected chi connectivity index (χ1v) is 13.6. The van der Waals surface area contributed by atoms with Crippen LogP contribution in [0.1, 0.15) is 36.0 Å². The van der Waals surface area contributed by atoms with Crippen molar-refractivity contribution < 1.29 is 28.2 Å². The number of hydrogen-bond acceptors (Lipinski definition) is 6. The Morgan fingerprint density at radius 3 is 1.64 bits per heavy atom. The van der Waals surface area contributed by atoms with E-state index in [-0.39, 0.29) is 42.1 Å². The number of fused-ring (bicyclic) bond motifs is 1. The van der Waals surface area contributed by atoms with Gasteiger partial charge in [0.25, 0.3) is 11.8 Å². The van der Waals surface area contributed by atoms with Crippen molar-refractivity contribution >= 4 is 33.0 Å². The van der Waals surface area contributed by atoms with Crippen molar-refractivity contribution in [2.24, 2.45) is 0 Å². The van der Waals surface area contributed by atoms with E-state index in [9.17, 15) is 18.0 Å². The highest BCUT2D eigenvalue weighted by molar-refractivity contribution is 7.91. The molecule has 0 aliphatic carbocycles. The second-order valence-corrected chi connectivity index (χ2v) is 11.1. The van der Waals surface area contributed by atoms with Crippen molar-refractivity contribution in [1.82, 2.24) is 9.80 Å². The van der Waals surface area contributed by atoms with Gasteiger partial charge >= 0.3 is 0 Å². The van der Waals surface area contributed by atoms with Crippen molar-refractivity contribution in [3.05, 3.63) is 76.4 Å². The fourth-order valence-electron chi connectivity index (χ4n) is 4.67. The number of sulfone groups is 1. The number of aliphatic hydroxyl groups is 2. The standard InChI is InChI=1S/C27H30N2O6S/c1-28-24(19-9-7-18(8-10-19)6-3-4-15-30)22-23(27(28)33)25(29(2)26(22)32)20-11-13-21(14-12-20)36(34,35)17-5-16-31/h7-14,30-31H,3-6,15-17H2,1-2H3. The fraction of sp³-hybridized carbons (Fsp3) is 0.333. The molecule has 190 valence electrons. The number of carbonyl (C=O) groups excluding carboxylic acids is 2. The molecule has 9 heteroatoms. The van der Waals surface area contributed by atoms with Crippen molar-refractivity contribution in [2.45, 2.75) is 30.6 Å². The van der Waals surface area contributed by atoms with Crippen molar-refractivity contribution in [3.8, 4) is 0 Å². The van der Waals surface area contributed by atoms with E-state index >= 15 is 0 Å². The predicted molar refractivity (Wildman–Crippen MR) is 136 cm³/mol. The zero-order chi connectivity index (χ0) is 26.0. The van der Waals surface area contributed by atoms with Crippen LogP contribution in [0.3, 0.4) is 0 Å². The molecule has 2 heterocycles. The molecule has 0 spiro atoms. The highest BCUT2D eigenvalue weighted by Crippen LogP contribution is 2.45. The number of benzene rings is 2. The molecule has 2 aromatic rings. The number of aliphatic hydroxyl groups excluding tert-OH is 2. The highest BCUT2D eigenvalue weighted by Gasteiger charge is 2.46. The number of hydrogen-bond donors (Lipinski definition) is 2. The summed E-state index contributed by atoms with van der Waals surface area (Å²) in [6, 6.07) is 13.9. The average molecular weight is 511 g/mol. The van der Waals surface area contributed by atoms with Crippen LogP contribution in [0.15, 0.2) is 64.6 Å². The minimum atomic E-state index is -3.53. The van der Waals surface area contributed by atoms with Gasteiger partial charge in [-0.05, 0) is 54.5 Å². The quantitative estimate of drug-likeness (QED) is 0.474. The first-order chi connectivity index (χ1) is 17.2. The molecule has 0 unspecified atom stereocenters. The number of nitrogens with zero attached hydrogens (tertiary/aromatic N) is 2. The molecule has 4 rings (SSSR count). The van der Waals surface area contributed by atoms with Gasteiger partial charge in [-0.15, -0.1) is 0 Å². The third-order valence-electron chi connectivity index (χ3n) is 6.59. The third-order valence-corrected chi connectivity index (χ3v) is 8.41. The molecule has 0 atom stereocenters. The van der Waals surface area contributed by atoms with E-state index in [1.165, 1.54) is 21.9 Å². The zero-order valence-corrected chi connectivity index (χ0v) is 21.2. The van der Waals surface area contributed by atoms with Gasteiger partial charge in [-0.3, -0.25) is 9.59 Å². The molecule has 8 nitrogen and oxygen atoms in total. The molecular weight excluding hydrogens is 480 g/mol. The molecule has 2 aromatic carbocycles. The Labute approximate surface area is 211 Å². The van der Waals surface area contributed by atoms with Gasteiger partial charge in [-0.25, -0.2) is 8.42 Å². The average Bonchev–Trinajstić information content (AvgIpc) is 3.28. The van der Waals surface area contributed by atoms with E-state index in [0.29, 0.717) is 28.1 Å². The van der Waals surface area contributed by atoms with Crippen LogP contribution in [-0.2, 0) is 25.8 Å². The van der Waals surface area contributed by atoms with Crippen molar-refractivity contribution in [1.29, 1.82) is 0 Å². The van der Waals surface area contributed by atoms with Crippen LogP contribution in [0.4, 0.5) is 0 Å². The Bertz CT molecular complexity index is 1340. The minimum Gasteiger partial charge on any atom is -0.396 e. The Morgan fingerprint density at radius 2 is 1.17 bits per heavy atom. The molecule has 0 aromatic heterocycles. The lowest BCUT2D eigenvalue weighted by atomic mass is 10.0. The highest BCUT2D eigenvalue weighted by atomic mass is 32.2. The summed E-state index contributed by atoms with van der Waals surface area (Å²) in [6.45, 7) is -0.0451. The lowest BCUT2D eigenvalue weighted by Crippen LogP contribution is -2.25. The molecule has 0 fully saturated rings. The number of amides is 2. The summed E-state index contributed by atoms with van der Waals surface area (Å²) < 4.78 is 24.9. The molecule has 0 saturated carbocycles. The first kappa shape index (κ1) is 25.8. The molecule has 2 amide bonds. The van der Waals surface area contributed by atoms with E-state index in [1.807, 2.05) is 24.3 Å². The summed E-state index contributed by atoms with van der Waals surface area (Å²) in [6.07, 6.45) is 2.60. The van der Waals surface area contributed by atoms with Crippen LogP contribution in [-0.4, -0.2) is 73.3 Å². The predicted octanol–water partition coefficient (Wildman–Crippen LogP) is 2.22. The molecule has 2 N–H and O–H groups in total. The molecule has 2 aliphatic rings. The SMILES string of the molecule is CN1C(=O)C2=C(c3ccc(S(=O)(=O)CCCO)cc3)N(C)C(=O)C2=C1c1ccc(CCCCO)cc1. The fourth-order valence-corrected chi connectivity index (χ4v) is 5.96. The lowest BCUT2D eigenvalue weighted by Gasteiger charge is -2.20. The van der Waals surface area contributed by atoms with Crippen LogP contribution in [0.2, 0.25) is 0 Å². The Hall–Kier alpha value is -3.27. The molecule has 36 heavy (non-hydrogen) atoms. The van der Waals surface area contributed by atoms with E-state index in [4.69, 9.17) is 10.2 Å². The monoisotopic (exact) mass is 510 g/mol. The van der Waals surface area contributed by atoms with Crippen molar-refractivity contribution in [2.75, 3.05) is 33.1 Å². The van der Waals surface area contributed by atoms with Gasteiger partial charge in [0, 0.05) is 27.3 Å². The van der Waals surface area contributed by atoms with Crippen LogP contribution < -0.4 is 0 Å². The third kappa shape index (κ3) is 4.61. The van der Waals surface area contributed by atoms with Gasteiger partial charge in [0.15, 0.2) is 9.84 Å². The van der Waals surface area contributed by atoms with E-state index < -0.39 is 9.84 Å². The summed E-state index contributed by atoms with van der Waals surface area (Å²) in [4.78, 5) is 29.7. The molecule has 0 bridgehead atoms. The van der Waals surface area contributed by atoms with Crippen molar-refractivity contribution in [3.63, 3.8) is 0 Å². The normalized spacial score (nSPS) is 16.0. The maximum Gasteiger partial charge on any atom is 0.261 e. The van der Waals surface area contributed by atoms with Gasteiger partial charge in [0.2, 0.25) is 0 Å². The lowest BCUT2D eigenvalue weighted by molar-refractivity contribution is -0.123. The summed E-state index contributed by atoms with van der Waals surface area (Å²) in [5.74, 6) is -0.742. The smallest absolute Gasteiger partial charge is 0.261 e. The summed E-state index contributed by atoms with van der Waals surface area (Å²) >= 11 is 0.